The van der Waals surface area contributed by atoms with Crippen molar-refractivity contribution in [3.05, 3.63) is 29.8 Å². The summed E-state index contributed by atoms with van der Waals surface area (Å²) in [5, 5.41) is 3.57. The maximum absolute atomic E-state index is 5.88. The lowest BCUT2D eigenvalue weighted by atomic mass is 9.93. The van der Waals surface area contributed by atoms with Crippen LogP contribution in [0.25, 0.3) is 0 Å². The molecule has 0 aliphatic heterocycles. The SMILES string of the molecule is Nc1ccccc1CCCNC1CCC1. The standard InChI is InChI=1S/C13H20N2/c14-13-9-2-1-5-11(13)6-4-10-15-12-7-3-8-12/h1-2,5,9,12,15H,3-4,6-8,10,14H2. The van der Waals surface area contributed by atoms with Crippen molar-refractivity contribution in [1.29, 1.82) is 0 Å². The second kappa shape index (κ2) is 5.17. The van der Waals surface area contributed by atoms with E-state index in [0.717, 1.165) is 24.7 Å². The summed E-state index contributed by atoms with van der Waals surface area (Å²) in [6.45, 7) is 1.12. The van der Waals surface area contributed by atoms with Gasteiger partial charge in [0.1, 0.15) is 0 Å². The summed E-state index contributed by atoms with van der Waals surface area (Å²) in [6, 6.07) is 8.96. The molecule has 1 saturated carbocycles. The molecule has 15 heavy (non-hydrogen) atoms. The molecule has 0 bridgehead atoms. The van der Waals surface area contributed by atoms with Crippen LogP contribution in [0.2, 0.25) is 0 Å². The highest BCUT2D eigenvalue weighted by atomic mass is 14.9. The minimum Gasteiger partial charge on any atom is -0.399 e. The van der Waals surface area contributed by atoms with Crippen molar-refractivity contribution in [3.63, 3.8) is 0 Å². The maximum Gasteiger partial charge on any atom is 0.0346 e. The maximum atomic E-state index is 5.88. The summed E-state index contributed by atoms with van der Waals surface area (Å²) in [5.74, 6) is 0. The molecule has 2 nitrogen and oxygen atoms in total. The van der Waals surface area contributed by atoms with E-state index in [4.69, 9.17) is 5.73 Å². The Bertz CT molecular complexity index is 305. The third-order valence-corrected chi connectivity index (χ3v) is 3.22. The molecule has 1 aliphatic carbocycles. The monoisotopic (exact) mass is 204 g/mol. The van der Waals surface area contributed by atoms with Gasteiger partial charge in [0, 0.05) is 11.7 Å². The summed E-state index contributed by atoms with van der Waals surface area (Å²) in [6.07, 6.45) is 6.42. The van der Waals surface area contributed by atoms with Crippen molar-refractivity contribution in [1.82, 2.24) is 5.32 Å². The lowest BCUT2D eigenvalue weighted by molar-refractivity contribution is 0.339. The van der Waals surface area contributed by atoms with E-state index in [-0.39, 0.29) is 0 Å². The summed E-state index contributed by atoms with van der Waals surface area (Å²) < 4.78 is 0. The van der Waals surface area contributed by atoms with Gasteiger partial charge in [0.25, 0.3) is 0 Å². The second-order valence-electron chi connectivity index (χ2n) is 4.38. The van der Waals surface area contributed by atoms with E-state index >= 15 is 0 Å². The summed E-state index contributed by atoms with van der Waals surface area (Å²) in [4.78, 5) is 0. The van der Waals surface area contributed by atoms with Gasteiger partial charge in [-0.15, -0.1) is 0 Å². The zero-order valence-electron chi connectivity index (χ0n) is 9.21. The van der Waals surface area contributed by atoms with Crippen LogP contribution in [-0.2, 0) is 6.42 Å². The van der Waals surface area contributed by atoms with E-state index in [1.807, 2.05) is 12.1 Å². The number of benzene rings is 1. The lowest BCUT2D eigenvalue weighted by Gasteiger charge is -2.26. The number of hydrogen-bond donors (Lipinski definition) is 2. The van der Waals surface area contributed by atoms with Crippen molar-refractivity contribution in [2.24, 2.45) is 0 Å². The number of nitrogen functional groups attached to an aromatic ring is 1. The molecule has 0 heterocycles. The first-order chi connectivity index (χ1) is 7.36. The van der Waals surface area contributed by atoms with Gasteiger partial charge < -0.3 is 11.1 Å². The van der Waals surface area contributed by atoms with E-state index in [1.165, 1.54) is 31.2 Å². The number of aryl methyl sites for hydroxylation is 1. The van der Waals surface area contributed by atoms with Crippen LogP contribution >= 0.6 is 0 Å². The van der Waals surface area contributed by atoms with Gasteiger partial charge in [-0.25, -0.2) is 0 Å². The smallest absolute Gasteiger partial charge is 0.0346 e. The molecule has 0 aromatic heterocycles. The van der Waals surface area contributed by atoms with E-state index < -0.39 is 0 Å². The Labute approximate surface area is 91.9 Å². The molecule has 2 rings (SSSR count). The number of anilines is 1. The number of para-hydroxylation sites is 1. The molecule has 1 aromatic carbocycles. The van der Waals surface area contributed by atoms with Crippen LogP contribution in [0.3, 0.4) is 0 Å². The van der Waals surface area contributed by atoms with Crippen molar-refractivity contribution < 1.29 is 0 Å². The Balaban J connectivity index is 1.66. The van der Waals surface area contributed by atoms with E-state index in [9.17, 15) is 0 Å². The fourth-order valence-electron chi connectivity index (χ4n) is 1.96. The van der Waals surface area contributed by atoms with Gasteiger partial charge in [-0.3, -0.25) is 0 Å². The topological polar surface area (TPSA) is 38.0 Å². The van der Waals surface area contributed by atoms with Gasteiger partial charge in [0.2, 0.25) is 0 Å². The second-order valence-corrected chi connectivity index (χ2v) is 4.38. The van der Waals surface area contributed by atoms with Crippen molar-refractivity contribution in [2.45, 2.75) is 38.1 Å². The fraction of sp³-hybridized carbons (Fsp3) is 0.538. The predicted octanol–water partition coefficient (Wildman–Crippen LogP) is 2.34. The van der Waals surface area contributed by atoms with E-state index in [1.54, 1.807) is 0 Å². The minimum absolute atomic E-state index is 0.804. The Morgan fingerprint density at radius 1 is 1.27 bits per heavy atom. The molecular formula is C13H20N2. The molecule has 0 spiro atoms. The quantitative estimate of drug-likeness (QED) is 0.570. The van der Waals surface area contributed by atoms with Crippen molar-refractivity contribution in [3.8, 4) is 0 Å². The highest BCUT2D eigenvalue weighted by molar-refractivity contribution is 5.46. The molecule has 0 atom stereocenters. The van der Waals surface area contributed by atoms with Gasteiger partial charge in [-0.05, 0) is 43.9 Å². The molecule has 0 amide bonds. The number of hydrogen-bond acceptors (Lipinski definition) is 2. The predicted molar refractivity (Wildman–Crippen MR) is 64.8 cm³/mol. The van der Waals surface area contributed by atoms with E-state index in [0.29, 0.717) is 0 Å². The van der Waals surface area contributed by atoms with Crippen LogP contribution in [0.15, 0.2) is 24.3 Å². The van der Waals surface area contributed by atoms with Gasteiger partial charge in [-0.1, -0.05) is 24.6 Å². The first-order valence-electron chi connectivity index (χ1n) is 5.93. The summed E-state index contributed by atoms with van der Waals surface area (Å²) in [7, 11) is 0. The minimum atomic E-state index is 0.804. The highest BCUT2D eigenvalue weighted by Gasteiger charge is 2.15. The average Bonchev–Trinajstić information content (AvgIpc) is 2.17. The third kappa shape index (κ3) is 2.96. The lowest BCUT2D eigenvalue weighted by Crippen LogP contribution is -2.35. The molecule has 1 fully saturated rings. The Kier molecular flexibility index (Phi) is 3.62. The zero-order valence-corrected chi connectivity index (χ0v) is 9.21. The zero-order chi connectivity index (χ0) is 10.5. The van der Waals surface area contributed by atoms with Crippen molar-refractivity contribution in [2.75, 3.05) is 12.3 Å². The van der Waals surface area contributed by atoms with Crippen LogP contribution < -0.4 is 11.1 Å². The fourth-order valence-corrected chi connectivity index (χ4v) is 1.96. The van der Waals surface area contributed by atoms with Crippen LogP contribution in [0.5, 0.6) is 0 Å². The van der Waals surface area contributed by atoms with Crippen molar-refractivity contribution >= 4 is 5.69 Å². The first kappa shape index (κ1) is 10.5. The molecule has 0 saturated heterocycles. The Hall–Kier alpha value is -1.02. The Morgan fingerprint density at radius 2 is 2.07 bits per heavy atom. The molecule has 1 aromatic rings. The first-order valence-corrected chi connectivity index (χ1v) is 5.93. The molecule has 3 N–H and O–H groups in total. The molecule has 0 unspecified atom stereocenters. The van der Waals surface area contributed by atoms with Gasteiger partial charge in [0.15, 0.2) is 0 Å². The van der Waals surface area contributed by atoms with Crippen LogP contribution in [0.1, 0.15) is 31.2 Å². The number of rotatable bonds is 5. The molecule has 1 aliphatic rings. The van der Waals surface area contributed by atoms with Crippen LogP contribution in [0.4, 0.5) is 5.69 Å². The molecule has 2 heteroatoms. The largest absolute Gasteiger partial charge is 0.399 e. The molecule has 0 radical (unpaired) electrons. The highest BCUT2D eigenvalue weighted by Crippen LogP contribution is 2.18. The van der Waals surface area contributed by atoms with Crippen LogP contribution in [-0.4, -0.2) is 12.6 Å². The van der Waals surface area contributed by atoms with Crippen LogP contribution in [0, 0.1) is 0 Å². The van der Waals surface area contributed by atoms with E-state index in [2.05, 4.69) is 17.4 Å². The van der Waals surface area contributed by atoms with Gasteiger partial charge >= 0.3 is 0 Å². The molecule has 82 valence electrons. The molecular weight excluding hydrogens is 184 g/mol. The summed E-state index contributed by atoms with van der Waals surface area (Å²) in [5.41, 5.74) is 8.10. The number of nitrogens with one attached hydrogen (secondary N) is 1. The average molecular weight is 204 g/mol. The normalized spacial score (nSPS) is 16.3. The third-order valence-electron chi connectivity index (χ3n) is 3.22. The Morgan fingerprint density at radius 3 is 2.73 bits per heavy atom. The van der Waals surface area contributed by atoms with Gasteiger partial charge in [0.05, 0.1) is 0 Å². The number of nitrogens with two attached hydrogens (primary N) is 1. The summed E-state index contributed by atoms with van der Waals surface area (Å²) >= 11 is 0. The van der Waals surface area contributed by atoms with Gasteiger partial charge in [-0.2, -0.15) is 0 Å².